The average molecular weight is 277 g/mol. The Morgan fingerprint density at radius 3 is 1.35 bits per heavy atom. The van der Waals surface area contributed by atoms with E-state index in [1.165, 1.54) is 89.9 Å². The molecule has 0 aliphatic heterocycles. The second-order valence-electron chi connectivity index (χ2n) is 6.98. The minimum absolute atomic E-state index is 0.833. The zero-order chi connectivity index (χ0) is 14.0. The normalized spacial score (nSPS) is 24.2. The van der Waals surface area contributed by atoms with Gasteiger partial charge in [-0.15, -0.1) is 0 Å². The van der Waals surface area contributed by atoms with Crippen LogP contribution in [0.5, 0.6) is 0 Å². The molecule has 20 heavy (non-hydrogen) atoms. The molecular weight excluding hydrogens is 242 g/mol. The molecule has 0 heterocycles. The van der Waals surface area contributed by atoms with Crippen LogP contribution < -0.4 is 0 Å². The van der Waals surface area contributed by atoms with Crippen molar-refractivity contribution in [1.82, 2.24) is 0 Å². The number of hydrogen-bond donors (Lipinski definition) is 0. The van der Waals surface area contributed by atoms with Crippen LogP contribution in [0.1, 0.15) is 96.8 Å². The summed E-state index contributed by atoms with van der Waals surface area (Å²) in [5.74, 6) is 1.67. The van der Waals surface area contributed by atoms with Crippen molar-refractivity contribution in [3.63, 3.8) is 0 Å². The number of hydrogen-bond acceptors (Lipinski definition) is 1. The number of aliphatic imine (C=N–C) groups is 1. The van der Waals surface area contributed by atoms with Crippen LogP contribution in [0.4, 0.5) is 0 Å². The Morgan fingerprint density at radius 2 is 1.00 bits per heavy atom. The third-order valence-corrected chi connectivity index (χ3v) is 5.39. The molecule has 0 saturated heterocycles. The summed E-state index contributed by atoms with van der Waals surface area (Å²) in [6.45, 7) is 3.23. The maximum Gasteiger partial charge on any atom is 0.0360 e. The molecule has 0 N–H and O–H groups in total. The summed E-state index contributed by atoms with van der Waals surface area (Å²) in [4.78, 5) is 5.03. The highest BCUT2D eigenvalue weighted by molar-refractivity contribution is 5.89. The molecule has 2 saturated carbocycles. The Morgan fingerprint density at radius 1 is 0.650 bits per heavy atom. The molecule has 0 radical (unpaired) electrons. The van der Waals surface area contributed by atoms with Gasteiger partial charge in [0.2, 0.25) is 0 Å². The van der Waals surface area contributed by atoms with Gasteiger partial charge in [-0.25, -0.2) is 0 Å². The van der Waals surface area contributed by atoms with Crippen molar-refractivity contribution in [3.8, 4) is 0 Å². The molecule has 1 nitrogen and oxygen atoms in total. The monoisotopic (exact) mass is 277 g/mol. The summed E-state index contributed by atoms with van der Waals surface area (Å²) < 4.78 is 0. The van der Waals surface area contributed by atoms with Crippen LogP contribution in [0.3, 0.4) is 0 Å². The van der Waals surface area contributed by atoms with Gasteiger partial charge < -0.3 is 0 Å². The summed E-state index contributed by atoms with van der Waals surface area (Å²) in [5.41, 5.74) is 1.65. The van der Waals surface area contributed by atoms with E-state index in [0.717, 1.165) is 18.4 Å². The van der Waals surface area contributed by atoms with Crippen LogP contribution in [0.2, 0.25) is 0 Å². The smallest absolute Gasteiger partial charge is 0.0360 e. The lowest BCUT2D eigenvalue weighted by molar-refractivity contribution is 0.406. The predicted molar refractivity (Wildman–Crippen MR) is 89.6 cm³/mol. The molecule has 2 fully saturated rings. The van der Waals surface area contributed by atoms with E-state index in [1.807, 2.05) is 0 Å². The fourth-order valence-corrected chi connectivity index (χ4v) is 4.28. The largest absolute Gasteiger partial charge is 0.294 e. The van der Waals surface area contributed by atoms with E-state index >= 15 is 0 Å². The van der Waals surface area contributed by atoms with Gasteiger partial charge in [-0.3, -0.25) is 4.99 Å². The highest BCUT2D eigenvalue weighted by atomic mass is 14.7. The summed E-state index contributed by atoms with van der Waals surface area (Å²) in [7, 11) is 0. The first-order valence-electron chi connectivity index (χ1n) is 9.46. The van der Waals surface area contributed by atoms with E-state index in [1.54, 1.807) is 5.71 Å². The lowest BCUT2D eigenvalue weighted by atomic mass is 9.78. The summed E-state index contributed by atoms with van der Waals surface area (Å²) >= 11 is 0. The number of nitrogens with zero attached hydrogens (tertiary/aromatic N) is 1. The van der Waals surface area contributed by atoms with Crippen LogP contribution in [-0.4, -0.2) is 12.3 Å². The van der Waals surface area contributed by atoms with E-state index < -0.39 is 0 Å². The van der Waals surface area contributed by atoms with E-state index in [2.05, 4.69) is 6.92 Å². The first-order chi connectivity index (χ1) is 9.92. The minimum Gasteiger partial charge on any atom is -0.294 e. The first-order valence-corrected chi connectivity index (χ1v) is 9.46. The maximum atomic E-state index is 5.03. The summed E-state index contributed by atoms with van der Waals surface area (Å²) in [5, 5.41) is 0. The van der Waals surface area contributed by atoms with Crippen LogP contribution in [0.25, 0.3) is 0 Å². The van der Waals surface area contributed by atoms with Gasteiger partial charge >= 0.3 is 0 Å². The molecule has 0 atom stereocenters. The van der Waals surface area contributed by atoms with Crippen molar-refractivity contribution in [3.05, 3.63) is 0 Å². The lowest BCUT2D eigenvalue weighted by Crippen LogP contribution is -2.26. The first kappa shape index (κ1) is 16.0. The van der Waals surface area contributed by atoms with Gasteiger partial charge in [0.05, 0.1) is 0 Å². The Labute approximate surface area is 126 Å². The average Bonchev–Trinajstić information content (AvgIpc) is 2.36. The highest BCUT2D eigenvalue weighted by Crippen LogP contribution is 2.31. The molecular formula is C19H35N. The Balaban J connectivity index is 2.01. The van der Waals surface area contributed by atoms with Crippen molar-refractivity contribution in [2.75, 3.05) is 6.54 Å². The second kappa shape index (κ2) is 9.58. The van der Waals surface area contributed by atoms with Gasteiger partial charge in [0, 0.05) is 12.3 Å². The Hall–Kier alpha value is -0.330. The topological polar surface area (TPSA) is 12.4 Å². The maximum absolute atomic E-state index is 5.03. The van der Waals surface area contributed by atoms with E-state index in [9.17, 15) is 0 Å². The van der Waals surface area contributed by atoms with Crippen molar-refractivity contribution >= 4 is 5.71 Å². The minimum atomic E-state index is 0.833. The van der Waals surface area contributed by atoms with Crippen molar-refractivity contribution in [2.24, 2.45) is 16.8 Å². The second-order valence-corrected chi connectivity index (χ2v) is 6.98. The number of rotatable bonds is 3. The molecule has 0 amide bonds. The molecule has 0 aromatic heterocycles. The van der Waals surface area contributed by atoms with Crippen LogP contribution >= 0.6 is 0 Å². The molecule has 1 heteroatoms. The molecule has 2 rings (SSSR count). The van der Waals surface area contributed by atoms with Gasteiger partial charge in [-0.05, 0) is 44.4 Å². The van der Waals surface area contributed by atoms with Crippen LogP contribution in [0, 0.1) is 11.8 Å². The molecule has 0 spiro atoms. The van der Waals surface area contributed by atoms with E-state index in [-0.39, 0.29) is 0 Å². The zero-order valence-corrected chi connectivity index (χ0v) is 13.7. The Bertz CT molecular complexity index is 241. The molecule has 0 aromatic carbocycles. The van der Waals surface area contributed by atoms with Gasteiger partial charge in [0.1, 0.15) is 0 Å². The third-order valence-electron chi connectivity index (χ3n) is 5.39. The SMILES string of the molecule is CCN=C(C1CCCCCCC1)C1CCCCCCC1. The van der Waals surface area contributed by atoms with Crippen molar-refractivity contribution in [1.29, 1.82) is 0 Å². The van der Waals surface area contributed by atoms with Crippen molar-refractivity contribution < 1.29 is 0 Å². The molecule has 0 aromatic rings. The Kier molecular flexibility index (Phi) is 7.69. The molecule has 0 bridgehead atoms. The molecule has 116 valence electrons. The molecule has 0 unspecified atom stereocenters. The third kappa shape index (κ3) is 5.22. The zero-order valence-electron chi connectivity index (χ0n) is 13.7. The van der Waals surface area contributed by atoms with Crippen LogP contribution in [0.15, 0.2) is 4.99 Å². The fourth-order valence-electron chi connectivity index (χ4n) is 4.28. The summed E-state index contributed by atoms with van der Waals surface area (Å²) in [6, 6.07) is 0. The van der Waals surface area contributed by atoms with E-state index in [4.69, 9.17) is 4.99 Å². The fraction of sp³-hybridized carbons (Fsp3) is 0.947. The van der Waals surface area contributed by atoms with Gasteiger partial charge in [0.25, 0.3) is 0 Å². The standard InChI is InChI=1S/C19H35N/c1-2-20-19(17-13-9-5-3-6-10-14-17)18-15-11-7-4-8-12-16-18/h17-18H,2-16H2,1H3. The quantitative estimate of drug-likeness (QED) is 0.547. The lowest BCUT2D eigenvalue weighted by Gasteiger charge is -2.29. The van der Waals surface area contributed by atoms with Crippen LogP contribution in [-0.2, 0) is 0 Å². The van der Waals surface area contributed by atoms with Gasteiger partial charge in [0.15, 0.2) is 0 Å². The molecule has 2 aliphatic carbocycles. The molecule has 2 aliphatic rings. The highest BCUT2D eigenvalue weighted by Gasteiger charge is 2.25. The van der Waals surface area contributed by atoms with Gasteiger partial charge in [-0.2, -0.15) is 0 Å². The summed E-state index contributed by atoms with van der Waals surface area (Å²) in [6.07, 6.45) is 20.3. The predicted octanol–water partition coefficient (Wildman–Crippen LogP) is 6.17. The van der Waals surface area contributed by atoms with Gasteiger partial charge in [-0.1, -0.05) is 64.2 Å². The van der Waals surface area contributed by atoms with Crippen molar-refractivity contribution in [2.45, 2.75) is 96.8 Å². The van der Waals surface area contributed by atoms with E-state index in [0.29, 0.717) is 0 Å².